The molecule has 0 saturated carbocycles. The fraction of sp³-hybridized carbons (Fsp3) is 0.824. The SMILES string of the molecule is CC(C)COC(C)CNc1nc(N)nc(NCC(C)OCC(C)C)n1. The van der Waals surface area contributed by atoms with Gasteiger partial charge in [-0.05, 0) is 25.7 Å². The van der Waals surface area contributed by atoms with Crippen molar-refractivity contribution in [2.75, 3.05) is 42.7 Å². The van der Waals surface area contributed by atoms with Crippen LogP contribution in [-0.2, 0) is 9.47 Å². The molecule has 0 radical (unpaired) electrons. The standard InChI is InChI=1S/C17H34N6O2/c1-11(2)9-24-13(5)7-19-16-21-15(18)22-17(23-16)20-8-14(6)25-10-12(3)4/h11-14H,7-10H2,1-6H3,(H4,18,19,20,21,22,23). The van der Waals surface area contributed by atoms with Crippen molar-refractivity contribution >= 4 is 17.8 Å². The molecule has 4 N–H and O–H groups in total. The summed E-state index contributed by atoms with van der Waals surface area (Å²) in [6, 6.07) is 0. The average molecular weight is 354 g/mol. The monoisotopic (exact) mass is 354 g/mol. The zero-order chi connectivity index (χ0) is 18.8. The minimum absolute atomic E-state index is 0.0567. The van der Waals surface area contributed by atoms with Crippen molar-refractivity contribution in [3.05, 3.63) is 0 Å². The first-order valence-corrected chi connectivity index (χ1v) is 8.98. The molecule has 0 aromatic carbocycles. The van der Waals surface area contributed by atoms with Gasteiger partial charge in [-0.3, -0.25) is 0 Å². The Morgan fingerprint density at radius 3 is 1.52 bits per heavy atom. The van der Waals surface area contributed by atoms with Crippen LogP contribution in [0.5, 0.6) is 0 Å². The summed E-state index contributed by atoms with van der Waals surface area (Å²) in [4.78, 5) is 12.5. The smallest absolute Gasteiger partial charge is 0.229 e. The third-order valence-electron chi connectivity index (χ3n) is 3.18. The van der Waals surface area contributed by atoms with Crippen LogP contribution in [0.4, 0.5) is 17.8 Å². The zero-order valence-electron chi connectivity index (χ0n) is 16.4. The average Bonchev–Trinajstić information content (AvgIpc) is 2.54. The number of rotatable bonds is 12. The summed E-state index contributed by atoms with van der Waals surface area (Å²) in [5, 5.41) is 6.28. The summed E-state index contributed by atoms with van der Waals surface area (Å²) in [5.74, 6) is 2.06. The van der Waals surface area contributed by atoms with Crippen LogP contribution in [0.3, 0.4) is 0 Å². The molecule has 25 heavy (non-hydrogen) atoms. The predicted molar refractivity (Wildman–Crippen MR) is 102 cm³/mol. The van der Waals surface area contributed by atoms with E-state index >= 15 is 0 Å². The molecule has 8 heteroatoms. The van der Waals surface area contributed by atoms with E-state index in [4.69, 9.17) is 15.2 Å². The Morgan fingerprint density at radius 1 is 0.760 bits per heavy atom. The molecule has 0 aliphatic heterocycles. The van der Waals surface area contributed by atoms with Gasteiger partial charge in [0.1, 0.15) is 0 Å². The van der Waals surface area contributed by atoms with Crippen LogP contribution in [-0.4, -0.2) is 53.5 Å². The molecule has 2 atom stereocenters. The minimum atomic E-state index is 0.0567. The van der Waals surface area contributed by atoms with Crippen LogP contribution in [0, 0.1) is 11.8 Å². The van der Waals surface area contributed by atoms with Gasteiger partial charge in [-0.25, -0.2) is 0 Å². The molecule has 0 amide bonds. The highest BCUT2D eigenvalue weighted by atomic mass is 16.5. The molecule has 1 heterocycles. The van der Waals surface area contributed by atoms with Gasteiger partial charge in [0, 0.05) is 26.3 Å². The second-order valence-electron chi connectivity index (χ2n) is 7.18. The van der Waals surface area contributed by atoms with Crippen molar-refractivity contribution in [1.82, 2.24) is 15.0 Å². The molecule has 2 unspecified atom stereocenters. The van der Waals surface area contributed by atoms with Crippen LogP contribution >= 0.6 is 0 Å². The lowest BCUT2D eigenvalue weighted by atomic mass is 10.2. The zero-order valence-corrected chi connectivity index (χ0v) is 16.4. The van der Waals surface area contributed by atoms with Gasteiger partial charge >= 0.3 is 0 Å². The van der Waals surface area contributed by atoms with Gasteiger partial charge in [-0.15, -0.1) is 0 Å². The number of nitrogens with two attached hydrogens (primary N) is 1. The van der Waals surface area contributed by atoms with Crippen LogP contribution in [0.1, 0.15) is 41.5 Å². The fourth-order valence-corrected chi connectivity index (χ4v) is 1.85. The van der Waals surface area contributed by atoms with Gasteiger partial charge in [0.2, 0.25) is 17.8 Å². The summed E-state index contributed by atoms with van der Waals surface area (Å²) < 4.78 is 11.4. The number of nitrogens with one attached hydrogen (secondary N) is 2. The van der Waals surface area contributed by atoms with E-state index in [1.54, 1.807) is 0 Å². The third-order valence-corrected chi connectivity index (χ3v) is 3.18. The van der Waals surface area contributed by atoms with E-state index in [1.807, 2.05) is 13.8 Å². The quantitative estimate of drug-likeness (QED) is 0.525. The van der Waals surface area contributed by atoms with Gasteiger partial charge in [-0.2, -0.15) is 15.0 Å². The number of nitrogens with zero attached hydrogens (tertiary/aromatic N) is 3. The summed E-state index contributed by atoms with van der Waals surface area (Å²) in [5.41, 5.74) is 5.76. The Labute approximate surface area is 151 Å². The highest BCUT2D eigenvalue weighted by Gasteiger charge is 2.09. The highest BCUT2D eigenvalue weighted by molar-refractivity contribution is 5.39. The van der Waals surface area contributed by atoms with Crippen LogP contribution in [0.15, 0.2) is 0 Å². The number of hydrogen-bond acceptors (Lipinski definition) is 8. The topological polar surface area (TPSA) is 107 Å². The normalized spacial score (nSPS) is 13.9. The lowest BCUT2D eigenvalue weighted by Gasteiger charge is -2.17. The van der Waals surface area contributed by atoms with Crippen molar-refractivity contribution in [1.29, 1.82) is 0 Å². The van der Waals surface area contributed by atoms with Crippen molar-refractivity contribution in [3.8, 4) is 0 Å². The van der Waals surface area contributed by atoms with Gasteiger partial charge in [-0.1, -0.05) is 27.7 Å². The summed E-state index contributed by atoms with van der Waals surface area (Å²) in [7, 11) is 0. The van der Waals surface area contributed by atoms with Crippen LogP contribution in [0.2, 0.25) is 0 Å². The third kappa shape index (κ3) is 10.0. The van der Waals surface area contributed by atoms with E-state index in [1.165, 1.54) is 0 Å². The molecule has 0 spiro atoms. The van der Waals surface area contributed by atoms with Crippen molar-refractivity contribution in [2.45, 2.75) is 53.8 Å². The van der Waals surface area contributed by atoms with Crippen molar-refractivity contribution in [3.63, 3.8) is 0 Å². The summed E-state index contributed by atoms with van der Waals surface area (Å²) in [6.07, 6.45) is 0.113. The molecule has 144 valence electrons. The maximum absolute atomic E-state index is 5.76. The lowest BCUT2D eigenvalue weighted by molar-refractivity contribution is 0.0554. The van der Waals surface area contributed by atoms with E-state index in [0.29, 0.717) is 36.8 Å². The Bertz CT molecular complexity index is 458. The first-order chi connectivity index (χ1) is 11.8. The summed E-state index contributed by atoms with van der Waals surface area (Å²) in [6.45, 7) is 15.2. The number of anilines is 3. The van der Waals surface area contributed by atoms with Crippen LogP contribution < -0.4 is 16.4 Å². The Hall–Kier alpha value is -1.67. The number of ether oxygens (including phenoxy) is 2. The molecule has 1 aromatic heterocycles. The van der Waals surface area contributed by atoms with Gasteiger partial charge in [0.05, 0.1) is 12.2 Å². The van der Waals surface area contributed by atoms with Gasteiger partial charge in [0.25, 0.3) is 0 Å². The second kappa shape index (κ2) is 11.0. The molecule has 0 bridgehead atoms. The van der Waals surface area contributed by atoms with Gasteiger partial charge in [0.15, 0.2) is 0 Å². The Kier molecular flexibility index (Phi) is 9.44. The summed E-state index contributed by atoms with van der Waals surface area (Å²) >= 11 is 0. The maximum Gasteiger partial charge on any atom is 0.229 e. The minimum Gasteiger partial charge on any atom is -0.376 e. The molecule has 1 rings (SSSR count). The van der Waals surface area contributed by atoms with Gasteiger partial charge < -0.3 is 25.8 Å². The molecule has 0 aliphatic rings. The van der Waals surface area contributed by atoms with E-state index < -0.39 is 0 Å². The molecule has 1 aromatic rings. The van der Waals surface area contributed by atoms with E-state index in [2.05, 4.69) is 53.3 Å². The molecule has 0 fully saturated rings. The predicted octanol–water partition coefficient (Wildman–Crippen LogP) is 2.40. The molecule has 8 nitrogen and oxygen atoms in total. The van der Waals surface area contributed by atoms with Crippen molar-refractivity contribution < 1.29 is 9.47 Å². The van der Waals surface area contributed by atoms with E-state index in [-0.39, 0.29) is 18.2 Å². The van der Waals surface area contributed by atoms with E-state index in [9.17, 15) is 0 Å². The first-order valence-electron chi connectivity index (χ1n) is 8.98. The first kappa shape index (κ1) is 21.4. The number of nitrogen functional groups attached to an aromatic ring is 1. The molecule has 0 aliphatic carbocycles. The number of aromatic nitrogens is 3. The molecular formula is C17H34N6O2. The Morgan fingerprint density at radius 2 is 1.16 bits per heavy atom. The van der Waals surface area contributed by atoms with Crippen LogP contribution in [0.25, 0.3) is 0 Å². The highest BCUT2D eigenvalue weighted by Crippen LogP contribution is 2.08. The maximum atomic E-state index is 5.76. The lowest BCUT2D eigenvalue weighted by Crippen LogP contribution is -2.24. The second-order valence-corrected chi connectivity index (χ2v) is 7.18. The van der Waals surface area contributed by atoms with Crippen molar-refractivity contribution in [2.24, 2.45) is 11.8 Å². The molecule has 0 saturated heterocycles. The molecular weight excluding hydrogens is 320 g/mol. The fourth-order valence-electron chi connectivity index (χ4n) is 1.85. The largest absolute Gasteiger partial charge is 0.376 e. The number of hydrogen-bond donors (Lipinski definition) is 3. The Balaban J connectivity index is 2.47. The van der Waals surface area contributed by atoms with E-state index in [0.717, 1.165) is 13.2 Å².